The Morgan fingerprint density at radius 2 is 1.74 bits per heavy atom. The molecule has 0 aromatic rings. The number of hydrogen-bond donors (Lipinski definition) is 5. The number of carbonyl (C=O) groups excluding carboxylic acids is 4. The van der Waals surface area contributed by atoms with E-state index in [9.17, 15) is 28.8 Å². The molecule has 0 bridgehead atoms. The van der Waals surface area contributed by atoms with E-state index in [-0.39, 0.29) is 25.1 Å². The Balaban J connectivity index is 4.89. The van der Waals surface area contributed by atoms with Crippen molar-refractivity contribution in [3.05, 3.63) is 0 Å². The zero-order valence-electron chi connectivity index (χ0n) is 17.5. The van der Waals surface area contributed by atoms with Crippen LogP contribution < -0.4 is 16.4 Å². The number of rotatable bonds is 14. The monoisotopic (exact) mass is 464 g/mol. The molecule has 0 spiro atoms. The SMILES string of the molecule is CC(OC(=O)CN(C)C)C(=O)SCC(NC(=O)CCC(N)C(=O)O)C(=O)NCC(=O)O. The second kappa shape index (κ2) is 14.3. The number of hydrogen-bond acceptors (Lipinski definition) is 10. The Bertz CT molecular complexity index is 687. The molecule has 6 N–H and O–H groups in total. The molecule has 0 aromatic heterocycles. The van der Waals surface area contributed by atoms with Gasteiger partial charge in [0, 0.05) is 12.2 Å². The highest BCUT2D eigenvalue weighted by Gasteiger charge is 2.26. The van der Waals surface area contributed by atoms with Gasteiger partial charge < -0.3 is 31.3 Å². The van der Waals surface area contributed by atoms with E-state index in [0.29, 0.717) is 11.8 Å². The lowest BCUT2D eigenvalue weighted by molar-refractivity contribution is -0.152. The van der Waals surface area contributed by atoms with Crippen molar-refractivity contribution in [2.75, 3.05) is 32.9 Å². The average Bonchev–Trinajstić information content (AvgIpc) is 2.65. The topological polar surface area (TPSA) is 205 Å². The van der Waals surface area contributed by atoms with Crippen LogP contribution in [0.5, 0.6) is 0 Å². The summed E-state index contributed by atoms with van der Waals surface area (Å²) in [6, 6.07) is -2.55. The van der Waals surface area contributed by atoms with E-state index in [4.69, 9.17) is 20.7 Å². The van der Waals surface area contributed by atoms with Gasteiger partial charge in [-0.25, -0.2) is 0 Å². The lowest BCUT2D eigenvalue weighted by atomic mass is 10.1. The molecule has 3 atom stereocenters. The summed E-state index contributed by atoms with van der Waals surface area (Å²) < 4.78 is 4.98. The van der Waals surface area contributed by atoms with Crippen LogP contribution in [0, 0.1) is 0 Å². The number of thioether (sulfide) groups is 1. The number of aliphatic carboxylic acids is 2. The minimum atomic E-state index is -1.31. The first-order valence-electron chi connectivity index (χ1n) is 9.11. The summed E-state index contributed by atoms with van der Waals surface area (Å²) in [4.78, 5) is 70.9. The van der Waals surface area contributed by atoms with Crippen molar-refractivity contribution in [1.82, 2.24) is 15.5 Å². The summed E-state index contributed by atoms with van der Waals surface area (Å²) in [5.41, 5.74) is 5.32. The van der Waals surface area contributed by atoms with E-state index < -0.39 is 59.6 Å². The molecule has 2 amide bonds. The number of amides is 2. The maximum atomic E-state index is 12.2. The van der Waals surface area contributed by atoms with Crippen LogP contribution >= 0.6 is 11.8 Å². The lowest BCUT2D eigenvalue weighted by Gasteiger charge is -2.19. The third kappa shape index (κ3) is 13.3. The summed E-state index contributed by atoms with van der Waals surface area (Å²) in [6.45, 7) is 0.623. The second-order valence-electron chi connectivity index (χ2n) is 6.71. The molecule has 0 radical (unpaired) electrons. The Kier molecular flexibility index (Phi) is 13.1. The fraction of sp³-hybridized carbons (Fsp3) is 0.647. The van der Waals surface area contributed by atoms with Crippen LogP contribution in [0.1, 0.15) is 19.8 Å². The summed E-state index contributed by atoms with van der Waals surface area (Å²) >= 11 is 0.616. The molecule has 0 fully saturated rings. The van der Waals surface area contributed by atoms with Crippen molar-refractivity contribution in [1.29, 1.82) is 0 Å². The molecule has 0 aliphatic rings. The summed E-state index contributed by atoms with van der Waals surface area (Å²) in [5.74, 6) is -5.04. The van der Waals surface area contributed by atoms with E-state index >= 15 is 0 Å². The smallest absolute Gasteiger partial charge is 0.322 e. The first-order chi connectivity index (χ1) is 14.3. The second-order valence-corrected chi connectivity index (χ2v) is 7.74. The highest BCUT2D eigenvalue weighted by molar-refractivity contribution is 8.13. The molecule has 14 heteroatoms. The number of carbonyl (C=O) groups is 6. The van der Waals surface area contributed by atoms with Gasteiger partial charge in [0.25, 0.3) is 0 Å². The fourth-order valence-electron chi connectivity index (χ4n) is 1.97. The molecule has 0 aliphatic heterocycles. The quantitative estimate of drug-likeness (QED) is 0.171. The van der Waals surface area contributed by atoms with E-state index in [1.165, 1.54) is 6.92 Å². The summed E-state index contributed by atoms with van der Waals surface area (Å²) in [5, 5.41) is 21.2. The molecule has 176 valence electrons. The Labute approximate surface area is 183 Å². The van der Waals surface area contributed by atoms with Crippen molar-refractivity contribution >= 4 is 46.6 Å². The molecule has 0 saturated heterocycles. The minimum Gasteiger partial charge on any atom is -0.480 e. The van der Waals surface area contributed by atoms with Gasteiger partial charge in [0.15, 0.2) is 6.10 Å². The van der Waals surface area contributed by atoms with E-state index in [2.05, 4.69) is 10.6 Å². The predicted molar refractivity (Wildman–Crippen MR) is 109 cm³/mol. The molecule has 0 aromatic carbocycles. The average molecular weight is 464 g/mol. The number of nitrogens with one attached hydrogen (secondary N) is 2. The van der Waals surface area contributed by atoms with Crippen molar-refractivity contribution < 1.29 is 43.7 Å². The van der Waals surface area contributed by atoms with E-state index in [1.54, 1.807) is 19.0 Å². The number of carboxylic acids is 2. The largest absolute Gasteiger partial charge is 0.480 e. The third-order valence-electron chi connectivity index (χ3n) is 3.54. The number of esters is 1. The van der Waals surface area contributed by atoms with Gasteiger partial charge in [0.05, 0.1) is 6.54 Å². The zero-order valence-corrected chi connectivity index (χ0v) is 18.3. The van der Waals surface area contributed by atoms with Gasteiger partial charge in [-0.1, -0.05) is 11.8 Å². The summed E-state index contributed by atoms with van der Waals surface area (Å²) in [6.07, 6.45) is -1.59. The van der Waals surface area contributed by atoms with Crippen LogP contribution in [0.2, 0.25) is 0 Å². The lowest BCUT2D eigenvalue weighted by Crippen LogP contribution is -2.49. The van der Waals surface area contributed by atoms with Crippen molar-refractivity contribution in [2.24, 2.45) is 5.73 Å². The van der Waals surface area contributed by atoms with Crippen molar-refractivity contribution in [3.8, 4) is 0 Å². The maximum absolute atomic E-state index is 12.2. The molecule has 13 nitrogen and oxygen atoms in total. The Morgan fingerprint density at radius 1 is 1.13 bits per heavy atom. The third-order valence-corrected chi connectivity index (χ3v) is 4.66. The van der Waals surface area contributed by atoms with Crippen LogP contribution in [-0.4, -0.2) is 101 Å². The minimum absolute atomic E-state index is 0.0307. The molecule has 0 saturated carbocycles. The van der Waals surface area contributed by atoms with Crippen molar-refractivity contribution in [2.45, 2.75) is 38.0 Å². The standard InChI is InChI=1S/C17H28N4O9S/c1-9(30-14(25)7-21(2)3)17(29)31-8-11(15(26)19-6-13(23)24)20-12(22)5-4-10(18)16(27)28/h9-11H,4-8,18H2,1-3H3,(H,19,26)(H,20,22)(H,23,24)(H,27,28). The Morgan fingerprint density at radius 3 is 2.26 bits per heavy atom. The number of carboxylic acid groups (broad SMARTS) is 2. The number of nitrogens with two attached hydrogens (primary N) is 1. The van der Waals surface area contributed by atoms with Gasteiger partial charge in [0.2, 0.25) is 16.9 Å². The maximum Gasteiger partial charge on any atom is 0.322 e. The highest BCUT2D eigenvalue weighted by Crippen LogP contribution is 2.11. The fourth-order valence-corrected chi connectivity index (χ4v) is 2.82. The first-order valence-corrected chi connectivity index (χ1v) is 10.1. The van der Waals surface area contributed by atoms with Gasteiger partial charge in [0.1, 0.15) is 18.6 Å². The van der Waals surface area contributed by atoms with E-state index in [0.717, 1.165) is 0 Å². The number of likely N-dealkylation sites (N-methyl/N-ethyl adjacent to an activating group) is 1. The molecule has 0 rings (SSSR count). The zero-order chi connectivity index (χ0) is 24.1. The van der Waals surface area contributed by atoms with Crippen LogP contribution in [0.15, 0.2) is 0 Å². The first kappa shape index (κ1) is 28.3. The predicted octanol–water partition coefficient (Wildman–Crippen LogP) is -2.38. The Hall–Kier alpha value is -2.71. The van der Waals surface area contributed by atoms with E-state index in [1.807, 2.05) is 0 Å². The van der Waals surface area contributed by atoms with Gasteiger partial charge in [-0.05, 0) is 27.4 Å². The normalized spacial score (nSPS) is 13.6. The molecule has 0 heterocycles. The number of nitrogens with zero attached hydrogens (tertiary/aromatic N) is 1. The summed E-state index contributed by atoms with van der Waals surface area (Å²) in [7, 11) is 3.30. The van der Waals surface area contributed by atoms with Gasteiger partial charge in [-0.2, -0.15) is 0 Å². The number of ether oxygens (including phenoxy) is 1. The van der Waals surface area contributed by atoms with Crippen molar-refractivity contribution in [3.63, 3.8) is 0 Å². The molecule has 3 unspecified atom stereocenters. The van der Waals surface area contributed by atoms with Gasteiger partial charge in [-0.3, -0.25) is 33.7 Å². The highest BCUT2D eigenvalue weighted by atomic mass is 32.2. The van der Waals surface area contributed by atoms with Crippen LogP contribution in [0.4, 0.5) is 0 Å². The molecular formula is C17H28N4O9S. The molecule has 0 aliphatic carbocycles. The van der Waals surface area contributed by atoms with Crippen LogP contribution in [0.25, 0.3) is 0 Å². The van der Waals surface area contributed by atoms with Crippen LogP contribution in [-0.2, 0) is 33.5 Å². The van der Waals surface area contributed by atoms with Gasteiger partial charge >= 0.3 is 17.9 Å². The molecular weight excluding hydrogens is 436 g/mol. The molecule has 31 heavy (non-hydrogen) atoms. The van der Waals surface area contributed by atoms with Crippen LogP contribution in [0.3, 0.4) is 0 Å². The van der Waals surface area contributed by atoms with Gasteiger partial charge in [-0.15, -0.1) is 0 Å².